The third-order valence-electron chi connectivity index (χ3n) is 5.04. The number of likely N-dealkylation sites (tertiary alicyclic amines) is 1. The number of carbonyl (C=O) groups is 2. The molecule has 0 aliphatic carbocycles. The van der Waals surface area contributed by atoms with E-state index in [0.29, 0.717) is 19.4 Å². The largest absolute Gasteiger partial charge is 0.573 e. The lowest BCUT2D eigenvalue weighted by molar-refractivity contribution is -0.274. The summed E-state index contributed by atoms with van der Waals surface area (Å²) in [5.41, 5.74) is 0.00533. The average molecular weight is 491 g/mol. The van der Waals surface area contributed by atoms with E-state index in [4.69, 9.17) is 5.26 Å². The maximum Gasteiger partial charge on any atom is 0.573 e. The lowest BCUT2D eigenvalue weighted by Crippen LogP contribution is -2.52. The number of piperidine rings is 1. The molecule has 0 radical (unpaired) electrons. The molecular formula is C20H25F3N4O5S. The monoisotopic (exact) mass is 490 g/mol. The number of nitriles is 1. The van der Waals surface area contributed by atoms with Crippen LogP contribution < -0.4 is 14.8 Å². The second kappa shape index (κ2) is 10.8. The maximum atomic E-state index is 12.7. The molecular weight excluding hydrogens is 465 g/mol. The first-order valence-corrected chi connectivity index (χ1v) is 12.0. The molecule has 1 heterocycles. The van der Waals surface area contributed by atoms with Gasteiger partial charge in [-0.05, 0) is 31.4 Å². The van der Waals surface area contributed by atoms with Gasteiger partial charge >= 0.3 is 6.36 Å². The highest BCUT2D eigenvalue weighted by Gasteiger charge is 2.34. The summed E-state index contributed by atoms with van der Waals surface area (Å²) in [4.78, 5) is 26.8. The first-order valence-electron chi connectivity index (χ1n) is 10.2. The minimum atomic E-state index is -4.97. The molecule has 33 heavy (non-hydrogen) atoms. The fraction of sp³-hybridized carbons (Fsp3) is 0.550. The van der Waals surface area contributed by atoms with Crippen LogP contribution in [0.4, 0.5) is 13.2 Å². The molecule has 13 heteroatoms. The van der Waals surface area contributed by atoms with Gasteiger partial charge in [-0.3, -0.25) is 9.59 Å². The minimum absolute atomic E-state index is 0.0288. The van der Waals surface area contributed by atoms with Crippen molar-refractivity contribution < 1.29 is 35.9 Å². The second-order valence-corrected chi connectivity index (χ2v) is 9.45. The molecule has 2 atom stereocenters. The Balaban J connectivity index is 2.05. The fourth-order valence-electron chi connectivity index (χ4n) is 3.49. The molecule has 1 aliphatic heterocycles. The van der Waals surface area contributed by atoms with Crippen molar-refractivity contribution in [3.63, 3.8) is 0 Å². The SMILES string of the molecule is CC[C@@H](NS(C)(=O)=O)C(=O)N1CCC[C@@H](C(=O)NCc2ccc(C#N)cc2OC(F)(F)F)C1. The van der Waals surface area contributed by atoms with Crippen molar-refractivity contribution in [3.05, 3.63) is 29.3 Å². The van der Waals surface area contributed by atoms with Crippen molar-refractivity contribution in [2.45, 2.75) is 45.1 Å². The summed E-state index contributed by atoms with van der Waals surface area (Å²) in [6.07, 6.45) is -2.80. The van der Waals surface area contributed by atoms with Gasteiger partial charge in [-0.1, -0.05) is 13.0 Å². The Labute approximate surface area is 189 Å². The van der Waals surface area contributed by atoms with Gasteiger partial charge in [-0.15, -0.1) is 13.2 Å². The lowest BCUT2D eigenvalue weighted by Gasteiger charge is -2.34. The molecule has 2 N–H and O–H groups in total. The van der Waals surface area contributed by atoms with E-state index in [1.165, 1.54) is 17.0 Å². The van der Waals surface area contributed by atoms with Crippen molar-refractivity contribution in [1.29, 1.82) is 5.26 Å². The molecule has 1 saturated heterocycles. The molecule has 2 amide bonds. The quantitative estimate of drug-likeness (QED) is 0.570. The van der Waals surface area contributed by atoms with Gasteiger partial charge in [0.05, 0.1) is 23.8 Å². The predicted octanol–water partition coefficient (Wildman–Crippen LogP) is 1.64. The van der Waals surface area contributed by atoms with Crippen LogP contribution in [0, 0.1) is 17.2 Å². The number of sulfonamides is 1. The summed E-state index contributed by atoms with van der Waals surface area (Å²) in [7, 11) is -3.60. The molecule has 0 spiro atoms. The standard InChI is InChI=1S/C20H25F3N4O5S/c1-3-16(26-33(2,30)31)19(29)27-8-4-5-15(12-27)18(28)25-11-14-7-6-13(10-24)9-17(14)32-20(21,22)23/h6-7,9,15-16,26H,3-5,8,11-12H2,1-2H3,(H,25,28)/t15-,16-/m1/s1. The van der Waals surface area contributed by atoms with Crippen molar-refractivity contribution in [1.82, 2.24) is 14.9 Å². The van der Waals surface area contributed by atoms with E-state index in [-0.39, 0.29) is 30.6 Å². The molecule has 182 valence electrons. The van der Waals surface area contributed by atoms with E-state index in [1.807, 2.05) is 0 Å². The van der Waals surface area contributed by atoms with E-state index in [1.54, 1.807) is 13.0 Å². The van der Waals surface area contributed by atoms with Gasteiger partial charge in [0, 0.05) is 25.2 Å². The number of alkyl halides is 3. The maximum absolute atomic E-state index is 12.7. The average Bonchev–Trinajstić information content (AvgIpc) is 2.74. The summed E-state index contributed by atoms with van der Waals surface area (Å²) in [5.74, 6) is -2.09. The van der Waals surface area contributed by atoms with Crippen LogP contribution in [0.25, 0.3) is 0 Å². The molecule has 0 aromatic heterocycles. The van der Waals surface area contributed by atoms with Gasteiger partial charge in [-0.2, -0.15) is 5.26 Å². The zero-order valence-corrected chi connectivity index (χ0v) is 18.9. The molecule has 0 unspecified atom stereocenters. The molecule has 1 aromatic carbocycles. The Morgan fingerprint density at radius 2 is 2.06 bits per heavy atom. The predicted molar refractivity (Wildman–Crippen MR) is 111 cm³/mol. The number of nitrogens with zero attached hydrogens (tertiary/aromatic N) is 2. The molecule has 0 saturated carbocycles. The number of ether oxygens (including phenoxy) is 1. The highest BCUT2D eigenvalue weighted by Crippen LogP contribution is 2.28. The lowest BCUT2D eigenvalue weighted by atomic mass is 9.96. The van der Waals surface area contributed by atoms with Gasteiger partial charge in [0.25, 0.3) is 0 Å². The first-order chi connectivity index (χ1) is 15.3. The van der Waals surface area contributed by atoms with Crippen LogP contribution in [-0.2, 0) is 26.2 Å². The van der Waals surface area contributed by atoms with Gasteiger partial charge in [-0.25, -0.2) is 13.1 Å². The molecule has 1 aliphatic rings. The Hall–Kier alpha value is -2.85. The third kappa shape index (κ3) is 8.21. The zero-order valence-electron chi connectivity index (χ0n) is 18.1. The van der Waals surface area contributed by atoms with E-state index in [9.17, 15) is 31.2 Å². The van der Waals surface area contributed by atoms with Crippen LogP contribution >= 0.6 is 0 Å². The Bertz CT molecular complexity index is 1020. The van der Waals surface area contributed by atoms with E-state index < -0.39 is 45.9 Å². The number of hydrogen-bond acceptors (Lipinski definition) is 6. The summed E-state index contributed by atoms with van der Waals surface area (Å²) >= 11 is 0. The summed E-state index contributed by atoms with van der Waals surface area (Å²) < 4.78 is 67.3. The summed E-state index contributed by atoms with van der Waals surface area (Å²) in [6, 6.07) is 4.30. The zero-order chi connectivity index (χ0) is 24.8. The highest BCUT2D eigenvalue weighted by molar-refractivity contribution is 7.88. The fourth-order valence-corrected chi connectivity index (χ4v) is 4.28. The summed E-state index contributed by atoms with van der Waals surface area (Å²) in [6.45, 7) is 1.82. The molecule has 9 nitrogen and oxygen atoms in total. The van der Waals surface area contributed by atoms with Crippen LogP contribution in [0.2, 0.25) is 0 Å². The molecule has 2 rings (SSSR count). The van der Waals surface area contributed by atoms with Gasteiger partial charge in [0.2, 0.25) is 21.8 Å². The minimum Gasteiger partial charge on any atom is -0.405 e. The first kappa shape index (κ1) is 26.4. The smallest absolute Gasteiger partial charge is 0.405 e. The van der Waals surface area contributed by atoms with E-state index >= 15 is 0 Å². The Morgan fingerprint density at radius 1 is 1.36 bits per heavy atom. The topological polar surface area (TPSA) is 129 Å². The number of hydrogen-bond donors (Lipinski definition) is 2. The van der Waals surface area contributed by atoms with Gasteiger partial charge < -0.3 is 15.0 Å². The van der Waals surface area contributed by atoms with Crippen LogP contribution in [-0.4, -0.2) is 56.9 Å². The number of halogens is 3. The van der Waals surface area contributed by atoms with Crippen molar-refractivity contribution in [3.8, 4) is 11.8 Å². The molecule has 0 bridgehead atoms. The van der Waals surface area contributed by atoms with Gasteiger partial charge in [0.1, 0.15) is 11.8 Å². The molecule has 1 fully saturated rings. The van der Waals surface area contributed by atoms with Crippen molar-refractivity contribution in [2.24, 2.45) is 5.92 Å². The normalized spacial score (nSPS) is 17.7. The van der Waals surface area contributed by atoms with Crippen molar-refractivity contribution >= 4 is 21.8 Å². The number of amides is 2. The third-order valence-corrected chi connectivity index (χ3v) is 5.75. The van der Waals surface area contributed by atoms with Crippen LogP contribution in [0.1, 0.15) is 37.3 Å². The number of benzene rings is 1. The Morgan fingerprint density at radius 3 is 2.64 bits per heavy atom. The van der Waals surface area contributed by atoms with Crippen LogP contribution in [0.3, 0.4) is 0 Å². The van der Waals surface area contributed by atoms with Gasteiger partial charge in [0.15, 0.2) is 0 Å². The van der Waals surface area contributed by atoms with E-state index in [0.717, 1.165) is 12.3 Å². The highest BCUT2D eigenvalue weighted by atomic mass is 32.2. The van der Waals surface area contributed by atoms with Crippen molar-refractivity contribution in [2.75, 3.05) is 19.3 Å². The summed E-state index contributed by atoms with van der Waals surface area (Å²) in [5, 5.41) is 11.5. The Kier molecular flexibility index (Phi) is 8.68. The number of nitrogens with one attached hydrogen (secondary N) is 2. The number of rotatable bonds is 8. The number of carbonyl (C=O) groups excluding carboxylic acids is 2. The second-order valence-electron chi connectivity index (χ2n) is 7.67. The van der Waals surface area contributed by atoms with Crippen LogP contribution in [0.15, 0.2) is 18.2 Å². The van der Waals surface area contributed by atoms with Crippen LogP contribution in [0.5, 0.6) is 5.75 Å². The molecule has 1 aromatic rings. The van der Waals surface area contributed by atoms with E-state index in [2.05, 4.69) is 14.8 Å².